The molecule has 2 fully saturated rings. The monoisotopic (exact) mass is 472 g/mol. The van der Waals surface area contributed by atoms with Gasteiger partial charge in [0.15, 0.2) is 5.82 Å². The second-order valence-corrected chi connectivity index (χ2v) is 8.57. The lowest BCUT2D eigenvalue weighted by Gasteiger charge is -2.19. The van der Waals surface area contributed by atoms with Crippen molar-refractivity contribution in [1.29, 1.82) is 0 Å². The number of carbonyl (C=O) groups is 1. The van der Waals surface area contributed by atoms with Crippen molar-refractivity contribution in [3.8, 4) is 17.1 Å². The molecular weight excluding hydrogens is 448 g/mol. The molecular formula is C25H24N6O4. The van der Waals surface area contributed by atoms with E-state index in [0.717, 1.165) is 27.8 Å². The summed E-state index contributed by atoms with van der Waals surface area (Å²) < 4.78 is 19.2. The van der Waals surface area contributed by atoms with E-state index >= 15 is 0 Å². The van der Waals surface area contributed by atoms with Gasteiger partial charge in [-0.25, -0.2) is 9.48 Å². The first-order valence-electron chi connectivity index (χ1n) is 11.4. The summed E-state index contributed by atoms with van der Waals surface area (Å²) in [6, 6.07) is 20.5. The first kappa shape index (κ1) is 21.5. The molecule has 6 rings (SSSR count). The molecule has 2 aliphatic rings. The molecule has 2 aliphatic heterocycles. The summed E-state index contributed by atoms with van der Waals surface area (Å²) >= 11 is 0. The van der Waals surface area contributed by atoms with E-state index in [-0.39, 0.29) is 30.3 Å². The van der Waals surface area contributed by atoms with Crippen molar-refractivity contribution in [2.45, 2.75) is 24.3 Å². The quantitative estimate of drug-likeness (QED) is 0.459. The maximum atomic E-state index is 12.8. The van der Waals surface area contributed by atoms with Gasteiger partial charge in [-0.1, -0.05) is 48.5 Å². The number of fused-ring (bicyclic) bond motifs is 2. The fourth-order valence-electron chi connectivity index (χ4n) is 4.84. The number of rotatable bonds is 5. The molecule has 10 nitrogen and oxygen atoms in total. The number of tetrazole rings is 1. The van der Waals surface area contributed by atoms with Crippen LogP contribution < -0.4 is 15.4 Å². The molecule has 1 aromatic heterocycles. The number of benzene rings is 3. The van der Waals surface area contributed by atoms with Gasteiger partial charge in [-0.05, 0) is 34.0 Å². The Morgan fingerprint density at radius 2 is 1.86 bits per heavy atom. The molecule has 35 heavy (non-hydrogen) atoms. The normalized spacial score (nSPS) is 23.2. The molecule has 0 aliphatic carbocycles. The van der Waals surface area contributed by atoms with Gasteiger partial charge in [-0.3, -0.25) is 0 Å². The second-order valence-electron chi connectivity index (χ2n) is 8.57. The summed E-state index contributed by atoms with van der Waals surface area (Å²) in [5.74, 6) is 1.32. The van der Waals surface area contributed by atoms with Gasteiger partial charge in [-0.2, -0.15) is 0 Å². The largest absolute Gasteiger partial charge is 0.497 e. The zero-order chi connectivity index (χ0) is 23.8. The Morgan fingerprint density at radius 3 is 2.77 bits per heavy atom. The first-order chi connectivity index (χ1) is 17.2. The zero-order valence-electron chi connectivity index (χ0n) is 19.0. The van der Waals surface area contributed by atoms with Crippen molar-refractivity contribution in [2.75, 3.05) is 25.6 Å². The molecule has 2 saturated heterocycles. The van der Waals surface area contributed by atoms with E-state index in [2.05, 4.69) is 26.2 Å². The number of methoxy groups -OCH3 is 1. The summed E-state index contributed by atoms with van der Waals surface area (Å²) in [5, 5.41) is 20.3. The van der Waals surface area contributed by atoms with Crippen molar-refractivity contribution >= 4 is 22.5 Å². The Morgan fingerprint density at radius 1 is 1.03 bits per heavy atom. The van der Waals surface area contributed by atoms with E-state index in [1.807, 2.05) is 66.7 Å². The molecule has 3 aromatic carbocycles. The number of aromatic nitrogens is 4. The molecule has 3 heterocycles. The standard InChI is InChI=1S/C25H24N6O4/c1-33-17-9-4-8-16(12-17)24-28-29-30-31(24)21-14-35-22-20(13-34-23(21)22)27-25(32)26-19-11-5-7-15-6-2-3-10-18(15)19/h2-12,20-23H,13-14H2,1H3,(H2,26,27,32). The minimum atomic E-state index is -0.305. The van der Waals surface area contributed by atoms with Crippen molar-refractivity contribution in [3.63, 3.8) is 0 Å². The van der Waals surface area contributed by atoms with E-state index < -0.39 is 0 Å². The van der Waals surface area contributed by atoms with Gasteiger partial charge in [0.2, 0.25) is 0 Å². The summed E-state index contributed by atoms with van der Waals surface area (Å²) in [5.41, 5.74) is 1.58. The van der Waals surface area contributed by atoms with Gasteiger partial charge in [-0.15, -0.1) is 5.10 Å². The number of hydrogen-bond acceptors (Lipinski definition) is 7. The van der Waals surface area contributed by atoms with Gasteiger partial charge in [0.25, 0.3) is 0 Å². The van der Waals surface area contributed by atoms with E-state index in [0.29, 0.717) is 19.0 Å². The minimum Gasteiger partial charge on any atom is -0.497 e. The summed E-state index contributed by atoms with van der Waals surface area (Å²) in [4.78, 5) is 12.8. The van der Waals surface area contributed by atoms with Crippen molar-refractivity contribution in [1.82, 2.24) is 25.5 Å². The molecule has 0 saturated carbocycles. The molecule has 0 bridgehead atoms. The lowest BCUT2D eigenvalue weighted by Crippen LogP contribution is -2.45. The predicted molar refractivity (Wildman–Crippen MR) is 128 cm³/mol. The Balaban J connectivity index is 1.16. The van der Waals surface area contributed by atoms with Crippen LogP contribution >= 0.6 is 0 Å². The van der Waals surface area contributed by atoms with Crippen LogP contribution in [0.4, 0.5) is 10.5 Å². The fraction of sp³-hybridized carbons (Fsp3) is 0.280. The number of ether oxygens (including phenoxy) is 3. The molecule has 4 atom stereocenters. The number of carbonyl (C=O) groups excluding carboxylic acids is 1. The molecule has 4 aromatic rings. The zero-order valence-corrected chi connectivity index (χ0v) is 19.0. The van der Waals surface area contributed by atoms with Crippen LogP contribution in [-0.2, 0) is 9.47 Å². The number of amides is 2. The van der Waals surface area contributed by atoms with E-state index in [9.17, 15) is 4.79 Å². The van der Waals surface area contributed by atoms with Crippen LogP contribution in [-0.4, -0.2) is 64.8 Å². The SMILES string of the molecule is COc1cccc(-c2nnnn2C2COC3C(NC(=O)Nc4cccc5ccccc45)COC32)c1. The van der Waals surface area contributed by atoms with Gasteiger partial charge in [0.05, 0.1) is 32.1 Å². The van der Waals surface area contributed by atoms with Crippen LogP contribution in [0.1, 0.15) is 6.04 Å². The van der Waals surface area contributed by atoms with Crippen molar-refractivity contribution < 1.29 is 19.0 Å². The second kappa shape index (κ2) is 8.97. The van der Waals surface area contributed by atoms with Crippen LogP contribution in [0.5, 0.6) is 5.75 Å². The highest BCUT2D eigenvalue weighted by atomic mass is 16.6. The highest BCUT2D eigenvalue weighted by Crippen LogP contribution is 2.36. The first-order valence-corrected chi connectivity index (χ1v) is 11.4. The molecule has 10 heteroatoms. The van der Waals surface area contributed by atoms with E-state index in [1.54, 1.807) is 11.8 Å². The lowest BCUT2D eigenvalue weighted by molar-refractivity contribution is 0.0624. The summed E-state index contributed by atoms with van der Waals surface area (Å²) in [7, 11) is 1.62. The van der Waals surface area contributed by atoms with Gasteiger partial charge in [0, 0.05) is 10.9 Å². The lowest BCUT2D eigenvalue weighted by atomic mass is 10.1. The Labute approximate surface area is 201 Å². The third-order valence-electron chi connectivity index (χ3n) is 6.52. The average molecular weight is 473 g/mol. The molecule has 2 amide bonds. The van der Waals surface area contributed by atoms with Crippen LogP contribution in [0.25, 0.3) is 22.2 Å². The molecule has 0 radical (unpaired) electrons. The Bertz CT molecular complexity index is 1370. The van der Waals surface area contributed by atoms with Gasteiger partial charge < -0.3 is 24.8 Å². The predicted octanol–water partition coefficient (Wildman–Crippen LogP) is 3.03. The minimum absolute atomic E-state index is 0.218. The summed E-state index contributed by atoms with van der Waals surface area (Å²) in [6.45, 7) is 0.714. The molecule has 0 spiro atoms. The van der Waals surface area contributed by atoms with E-state index in [1.165, 1.54) is 0 Å². The molecule has 4 unspecified atom stereocenters. The van der Waals surface area contributed by atoms with Crippen LogP contribution in [0, 0.1) is 0 Å². The number of nitrogens with one attached hydrogen (secondary N) is 2. The number of nitrogens with zero attached hydrogens (tertiary/aromatic N) is 4. The molecule has 178 valence electrons. The third kappa shape index (κ3) is 3.96. The average Bonchev–Trinajstić information content (AvgIpc) is 3.62. The van der Waals surface area contributed by atoms with Gasteiger partial charge >= 0.3 is 6.03 Å². The maximum Gasteiger partial charge on any atom is 0.319 e. The number of anilines is 1. The van der Waals surface area contributed by atoms with Crippen LogP contribution in [0.3, 0.4) is 0 Å². The molecule has 2 N–H and O–H groups in total. The number of hydrogen-bond donors (Lipinski definition) is 2. The van der Waals surface area contributed by atoms with E-state index in [4.69, 9.17) is 14.2 Å². The Hall–Kier alpha value is -4.02. The number of urea groups is 1. The third-order valence-corrected chi connectivity index (χ3v) is 6.52. The van der Waals surface area contributed by atoms with Crippen LogP contribution in [0.2, 0.25) is 0 Å². The topological polar surface area (TPSA) is 112 Å². The Kier molecular flexibility index (Phi) is 5.51. The maximum absolute atomic E-state index is 12.8. The van der Waals surface area contributed by atoms with Crippen molar-refractivity contribution in [3.05, 3.63) is 66.7 Å². The fourth-order valence-corrected chi connectivity index (χ4v) is 4.84. The summed E-state index contributed by atoms with van der Waals surface area (Å²) in [6.07, 6.45) is -0.591. The highest BCUT2D eigenvalue weighted by Gasteiger charge is 2.50. The highest BCUT2D eigenvalue weighted by molar-refractivity contribution is 6.01. The van der Waals surface area contributed by atoms with Gasteiger partial charge in [0.1, 0.15) is 24.0 Å². The smallest absolute Gasteiger partial charge is 0.319 e. The van der Waals surface area contributed by atoms with Crippen LogP contribution in [0.15, 0.2) is 66.7 Å². The van der Waals surface area contributed by atoms with Crippen molar-refractivity contribution in [2.24, 2.45) is 0 Å².